The summed E-state index contributed by atoms with van der Waals surface area (Å²) in [6, 6.07) is 4.77. The van der Waals surface area contributed by atoms with Gasteiger partial charge in [-0.3, -0.25) is 0 Å². The van der Waals surface area contributed by atoms with Crippen LogP contribution in [0.15, 0.2) is 18.2 Å². The first kappa shape index (κ1) is 9.91. The normalized spacial score (nSPS) is 9.08. The van der Waals surface area contributed by atoms with Crippen LogP contribution in [0.25, 0.3) is 0 Å². The Bertz CT molecular complexity index is 331. The van der Waals surface area contributed by atoms with Crippen molar-refractivity contribution in [2.45, 2.75) is 0 Å². The molecule has 13 heavy (non-hydrogen) atoms. The first-order chi connectivity index (χ1) is 6.22. The van der Waals surface area contributed by atoms with Gasteiger partial charge in [-0.1, -0.05) is 23.4 Å². The molecular weight excluding hydrogens is 186 g/mol. The van der Waals surface area contributed by atoms with E-state index in [2.05, 4.69) is 17.2 Å². The molecule has 0 fully saturated rings. The van der Waals surface area contributed by atoms with Crippen LogP contribution in [0.1, 0.15) is 5.56 Å². The van der Waals surface area contributed by atoms with Crippen LogP contribution in [0, 0.1) is 11.8 Å². The molecule has 0 spiro atoms. The molecule has 0 aliphatic rings. The number of nitrogens with one attached hydrogen (secondary N) is 1. The molecule has 1 aromatic carbocycles. The van der Waals surface area contributed by atoms with Gasteiger partial charge in [-0.15, -0.1) is 0 Å². The molecule has 0 radical (unpaired) electrons. The highest BCUT2D eigenvalue weighted by Crippen LogP contribution is 2.18. The summed E-state index contributed by atoms with van der Waals surface area (Å²) < 4.78 is 0. The highest BCUT2D eigenvalue weighted by Gasteiger charge is 1.94. The van der Waals surface area contributed by atoms with Crippen LogP contribution in [-0.4, -0.2) is 18.7 Å². The van der Waals surface area contributed by atoms with Crippen LogP contribution in [0.5, 0.6) is 5.75 Å². The third-order valence-corrected chi connectivity index (χ3v) is 1.60. The number of aromatic hydroxyl groups is 1. The van der Waals surface area contributed by atoms with Gasteiger partial charge in [0.25, 0.3) is 0 Å². The van der Waals surface area contributed by atoms with Gasteiger partial charge in [0.1, 0.15) is 5.75 Å². The summed E-state index contributed by atoms with van der Waals surface area (Å²) in [6.07, 6.45) is 0. The predicted octanol–water partition coefficient (Wildman–Crippen LogP) is 1.62. The van der Waals surface area contributed by atoms with Crippen LogP contribution in [0.3, 0.4) is 0 Å². The Morgan fingerprint density at radius 3 is 2.85 bits per heavy atom. The van der Waals surface area contributed by atoms with Gasteiger partial charge in [-0.05, 0) is 25.2 Å². The minimum absolute atomic E-state index is 0.140. The van der Waals surface area contributed by atoms with Gasteiger partial charge in [0.05, 0.1) is 6.54 Å². The molecule has 0 aliphatic carbocycles. The first-order valence-corrected chi connectivity index (χ1v) is 4.23. The summed E-state index contributed by atoms with van der Waals surface area (Å²) in [5, 5.41) is 12.6. The predicted molar refractivity (Wildman–Crippen MR) is 53.9 cm³/mol. The fraction of sp³-hybridized carbons (Fsp3) is 0.200. The van der Waals surface area contributed by atoms with Crippen molar-refractivity contribution in [3.05, 3.63) is 28.8 Å². The maximum absolute atomic E-state index is 9.18. The summed E-state index contributed by atoms with van der Waals surface area (Å²) in [4.78, 5) is 0. The second kappa shape index (κ2) is 4.76. The molecule has 2 N–H and O–H groups in total. The van der Waals surface area contributed by atoms with Gasteiger partial charge in [0.15, 0.2) is 0 Å². The average Bonchev–Trinajstić information content (AvgIpc) is 2.03. The van der Waals surface area contributed by atoms with Gasteiger partial charge >= 0.3 is 0 Å². The standard InChI is InChI=1S/C10H10ClNO/c1-12-4-2-3-8-5-9(11)7-10(13)6-8/h5-7,12-13H,4H2,1H3. The fourth-order valence-electron chi connectivity index (χ4n) is 0.881. The van der Waals surface area contributed by atoms with Crippen LogP contribution in [-0.2, 0) is 0 Å². The Hall–Kier alpha value is -1.17. The minimum Gasteiger partial charge on any atom is -0.508 e. The molecule has 0 bridgehead atoms. The summed E-state index contributed by atoms with van der Waals surface area (Å²) in [7, 11) is 1.82. The van der Waals surface area contributed by atoms with Crippen LogP contribution in [0.4, 0.5) is 0 Å². The molecule has 3 heteroatoms. The Morgan fingerprint density at radius 2 is 2.23 bits per heavy atom. The number of rotatable bonds is 1. The van der Waals surface area contributed by atoms with Crippen molar-refractivity contribution in [3.8, 4) is 17.6 Å². The number of phenols is 1. The fourth-order valence-corrected chi connectivity index (χ4v) is 1.11. The molecule has 0 saturated heterocycles. The SMILES string of the molecule is CNCC#Cc1cc(O)cc(Cl)c1. The lowest BCUT2D eigenvalue weighted by Gasteiger charge is -1.94. The van der Waals surface area contributed by atoms with E-state index >= 15 is 0 Å². The summed E-state index contributed by atoms with van der Waals surface area (Å²) in [5.41, 5.74) is 0.722. The number of halogens is 1. The highest BCUT2D eigenvalue weighted by molar-refractivity contribution is 6.30. The quantitative estimate of drug-likeness (QED) is 0.668. The van der Waals surface area contributed by atoms with Crippen molar-refractivity contribution in [2.24, 2.45) is 0 Å². The third-order valence-electron chi connectivity index (χ3n) is 1.38. The van der Waals surface area contributed by atoms with Crippen molar-refractivity contribution in [2.75, 3.05) is 13.6 Å². The highest BCUT2D eigenvalue weighted by atomic mass is 35.5. The topological polar surface area (TPSA) is 32.3 Å². The molecule has 1 aromatic rings. The first-order valence-electron chi connectivity index (χ1n) is 3.85. The zero-order valence-electron chi connectivity index (χ0n) is 7.26. The van der Waals surface area contributed by atoms with E-state index in [1.54, 1.807) is 12.1 Å². The zero-order chi connectivity index (χ0) is 9.68. The van der Waals surface area contributed by atoms with E-state index in [1.807, 2.05) is 7.05 Å². The molecule has 0 saturated carbocycles. The molecule has 0 aromatic heterocycles. The van der Waals surface area contributed by atoms with Crippen molar-refractivity contribution in [1.82, 2.24) is 5.32 Å². The smallest absolute Gasteiger partial charge is 0.118 e. The van der Waals surface area contributed by atoms with Crippen molar-refractivity contribution < 1.29 is 5.11 Å². The summed E-state index contributed by atoms with van der Waals surface area (Å²) in [5.74, 6) is 5.89. The Labute approximate surface area is 82.5 Å². The van der Waals surface area contributed by atoms with Crippen LogP contribution >= 0.6 is 11.6 Å². The van der Waals surface area contributed by atoms with Gasteiger partial charge < -0.3 is 10.4 Å². The third kappa shape index (κ3) is 3.37. The van der Waals surface area contributed by atoms with Gasteiger partial charge in [-0.25, -0.2) is 0 Å². The molecule has 0 aliphatic heterocycles. The Balaban J connectivity index is 2.85. The summed E-state index contributed by atoms with van der Waals surface area (Å²) >= 11 is 5.72. The van der Waals surface area contributed by atoms with Gasteiger partial charge in [0.2, 0.25) is 0 Å². The lowest BCUT2D eigenvalue weighted by atomic mass is 10.2. The molecule has 0 amide bonds. The maximum atomic E-state index is 9.18. The molecule has 1 rings (SSSR count). The van der Waals surface area contributed by atoms with Crippen molar-refractivity contribution in [1.29, 1.82) is 0 Å². The van der Waals surface area contributed by atoms with E-state index in [9.17, 15) is 5.11 Å². The van der Waals surface area contributed by atoms with Crippen molar-refractivity contribution >= 4 is 11.6 Å². The molecule has 2 nitrogen and oxygen atoms in total. The van der Waals surface area contributed by atoms with Gasteiger partial charge in [0, 0.05) is 10.6 Å². The zero-order valence-corrected chi connectivity index (χ0v) is 8.02. The van der Waals surface area contributed by atoms with E-state index < -0.39 is 0 Å². The number of phenolic OH excluding ortho intramolecular Hbond substituents is 1. The number of hydrogen-bond donors (Lipinski definition) is 2. The van der Waals surface area contributed by atoms with E-state index in [0.29, 0.717) is 11.6 Å². The largest absolute Gasteiger partial charge is 0.508 e. The Morgan fingerprint density at radius 1 is 1.46 bits per heavy atom. The Kier molecular flexibility index (Phi) is 3.63. The van der Waals surface area contributed by atoms with E-state index in [1.165, 1.54) is 6.07 Å². The van der Waals surface area contributed by atoms with Crippen LogP contribution < -0.4 is 5.32 Å². The lowest BCUT2D eigenvalue weighted by molar-refractivity contribution is 0.475. The molecular formula is C10H10ClNO. The second-order valence-electron chi connectivity index (χ2n) is 2.53. The van der Waals surface area contributed by atoms with E-state index in [0.717, 1.165) is 5.56 Å². The molecule has 0 heterocycles. The molecule has 0 unspecified atom stereocenters. The second-order valence-corrected chi connectivity index (χ2v) is 2.97. The number of hydrogen-bond acceptors (Lipinski definition) is 2. The van der Waals surface area contributed by atoms with Crippen molar-refractivity contribution in [3.63, 3.8) is 0 Å². The lowest BCUT2D eigenvalue weighted by Crippen LogP contribution is -2.04. The van der Waals surface area contributed by atoms with E-state index in [-0.39, 0.29) is 5.75 Å². The summed E-state index contributed by atoms with van der Waals surface area (Å²) in [6.45, 7) is 0.618. The molecule has 68 valence electrons. The van der Waals surface area contributed by atoms with E-state index in [4.69, 9.17) is 11.6 Å². The average molecular weight is 196 g/mol. The van der Waals surface area contributed by atoms with Crippen LogP contribution in [0.2, 0.25) is 5.02 Å². The monoisotopic (exact) mass is 195 g/mol. The van der Waals surface area contributed by atoms with Gasteiger partial charge in [-0.2, -0.15) is 0 Å². The minimum atomic E-state index is 0.140. The molecule has 0 atom stereocenters. The number of benzene rings is 1. The maximum Gasteiger partial charge on any atom is 0.118 e.